The molecule has 0 spiro atoms. The lowest BCUT2D eigenvalue weighted by Gasteiger charge is -2.36. The number of nitrogens with one attached hydrogen (secondary N) is 2. The smallest absolute Gasteiger partial charge is 0.254 e. The summed E-state index contributed by atoms with van der Waals surface area (Å²) in [5, 5.41) is 8.22. The molecule has 0 bridgehead atoms. The van der Waals surface area contributed by atoms with E-state index in [9.17, 15) is 14.0 Å². The maximum atomic E-state index is 13.5. The number of carbonyl (C=O) groups is 2. The van der Waals surface area contributed by atoms with E-state index in [4.69, 9.17) is 0 Å². The van der Waals surface area contributed by atoms with Gasteiger partial charge in [0.05, 0.1) is 5.92 Å². The zero-order valence-electron chi connectivity index (χ0n) is 18.1. The van der Waals surface area contributed by atoms with Gasteiger partial charge < -0.3 is 10.6 Å². The van der Waals surface area contributed by atoms with Gasteiger partial charge >= 0.3 is 0 Å². The summed E-state index contributed by atoms with van der Waals surface area (Å²) in [4.78, 5) is 27.9. The van der Waals surface area contributed by atoms with Crippen LogP contribution in [0.3, 0.4) is 0 Å². The Kier molecular flexibility index (Phi) is 5.68. The lowest BCUT2D eigenvalue weighted by Crippen LogP contribution is -2.36. The van der Waals surface area contributed by atoms with Crippen molar-refractivity contribution in [2.24, 2.45) is 0 Å². The second-order valence-electron chi connectivity index (χ2n) is 8.40. The number of thiophene rings is 1. The first kappa shape index (κ1) is 21.3. The maximum absolute atomic E-state index is 13.5. The summed E-state index contributed by atoms with van der Waals surface area (Å²) in [5.74, 6) is -0.915. The highest BCUT2D eigenvalue weighted by Crippen LogP contribution is 2.46. The van der Waals surface area contributed by atoms with Crippen LogP contribution in [0.1, 0.15) is 42.0 Å². The summed E-state index contributed by atoms with van der Waals surface area (Å²) in [5.41, 5.74) is 4.48. The fourth-order valence-corrected chi connectivity index (χ4v) is 5.62. The number of allylic oxidation sites excluding steroid dienone is 3. The first-order chi connectivity index (χ1) is 16.0. The highest BCUT2D eigenvalue weighted by atomic mass is 32.1. The molecular weight excluding hydrogens is 435 g/mol. The van der Waals surface area contributed by atoms with Crippen molar-refractivity contribution in [1.29, 1.82) is 0 Å². The van der Waals surface area contributed by atoms with Crippen LogP contribution in [0.5, 0.6) is 0 Å². The largest absolute Gasteiger partial charge is 0.362 e. The Morgan fingerprint density at radius 1 is 1.03 bits per heavy atom. The Bertz CT molecular complexity index is 1260. The Morgan fingerprint density at radius 2 is 1.79 bits per heavy atom. The molecule has 5 rings (SSSR count). The van der Waals surface area contributed by atoms with E-state index < -0.39 is 5.92 Å². The van der Waals surface area contributed by atoms with E-state index in [2.05, 4.69) is 22.8 Å². The van der Waals surface area contributed by atoms with Crippen molar-refractivity contribution in [3.63, 3.8) is 0 Å². The molecule has 1 aliphatic heterocycles. The standard InChI is InChI=1S/C27H23FN2O2S/c1-16-24(27(32)30-20-11-9-19(28)10-12-20)26(23-8-5-13-33-23)25-21(29-16)14-18(15-22(25)31)17-6-3-2-4-7-17/h2-13,18,26,29H,14-15H2,1H3,(H,30,32)/t18-,26+/m0/s1. The van der Waals surface area contributed by atoms with Gasteiger partial charge in [-0.2, -0.15) is 0 Å². The second kappa shape index (κ2) is 8.79. The van der Waals surface area contributed by atoms with Gasteiger partial charge in [0.15, 0.2) is 5.78 Å². The highest BCUT2D eigenvalue weighted by Gasteiger charge is 2.41. The second-order valence-corrected chi connectivity index (χ2v) is 9.38. The third-order valence-corrected chi connectivity index (χ3v) is 7.21. The minimum absolute atomic E-state index is 0.0654. The molecule has 2 aromatic carbocycles. The lowest BCUT2D eigenvalue weighted by atomic mass is 9.73. The van der Waals surface area contributed by atoms with Crippen molar-refractivity contribution in [3.05, 3.63) is 111 Å². The molecule has 0 fully saturated rings. The number of rotatable bonds is 4. The monoisotopic (exact) mass is 458 g/mol. The van der Waals surface area contributed by atoms with Crippen molar-refractivity contribution < 1.29 is 14.0 Å². The van der Waals surface area contributed by atoms with Gasteiger partial charge in [-0.25, -0.2) is 4.39 Å². The molecule has 0 saturated carbocycles. The Morgan fingerprint density at radius 3 is 2.48 bits per heavy atom. The molecule has 2 aliphatic rings. The molecule has 6 heteroatoms. The molecule has 0 saturated heterocycles. The van der Waals surface area contributed by atoms with Crippen molar-refractivity contribution >= 4 is 28.7 Å². The van der Waals surface area contributed by atoms with Crippen molar-refractivity contribution in [2.45, 2.75) is 31.6 Å². The van der Waals surface area contributed by atoms with E-state index in [1.165, 1.54) is 35.6 Å². The zero-order valence-corrected chi connectivity index (χ0v) is 18.9. The van der Waals surface area contributed by atoms with Crippen LogP contribution in [0.25, 0.3) is 0 Å². The summed E-state index contributed by atoms with van der Waals surface area (Å²) in [6.07, 6.45) is 1.13. The fourth-order valence-electron chi connectivity index (χ4n) is 4.77. The zero-order chi connectivity index (χ0) is 22.9. The Balaban J connectivity index is 1.52. The third-order valence-electron chi connectivity index (χ3n) is 6.27. The van der Waals surface area contributed by atoms with Gasteiger partial charge in [-0.05, 0) is 60.5 Å². The fraction of sp³-hybridized carbons (Fsp3) is 0.185. The number of hydrogen-bond acceptors (Lipinski definition) is 4. The van der Waals surface area contributed by atoms with E-state index in [0.717, 1.165) is 28.3 Å². The van der Waals surface area contributed by atoms with E-state index in [1.54, 1.807) is 0 Å². The Hall–Kier alpha value is -3.51. The van der Waals surface area contributed by atoms with Gasteiger partial charge in [0.1, 0.15) is 5.82 Å². The molecule has 1 aliphatic carbocycles. The van der Waals surface area contributed by atoms with Gasteiger partial charge in [-0.1, -0.05) is 36.4 Å². The predicted octanol–water partition coefficient (Wildman–Crippen LogP) is 5.89. The number of carbonyl (C=O) groups excluding carboxylic acids is 2. The van der Waals surface area contributed by atoms with E-state index >= 15 is 0 Å². The number of ketones is 1. The number of Topliss-reactive ketones (excluding diaryl/α,β-unsaturated/α-hetero) is 1. The molecule has 166 valence electrons. The minimum Gasteiger partial charge on any atom is -0.362 e. The van der Waals surface area contributed by atoms with Crippen LogP contribution in [-0.4, -0.2) is 11.7 Å². The van der Waals surface area contributed by atoms with Crippen LogP contribution >= 0.6 is 11.3 Å². The van der Waals surface area contributed by atoms with Gasteiger partial charge in [0.25, 0.3) is 5.91 Å². The average molecular weight is 459 g/mol. The quantitative estimate of drug-likeness (QED) is 0.513. The first-order valence-electron chi connectivity index (χ1n) is 10.9. The minimum atomic E-state index is -0.425. The number of benzene rings is 2. The van der Waals surface area contributed by atoms with Crippen molar-refractivity contribution in [2.75, 3.05) is 5.32 Å². The molecule has 2 heterocycles. The van der Waals surface area contributed by atoms with Crippen LogP contribution in [0.4, 0.5) is 10.1 Å². The molecule has 1 aromatic heterocycles. The van der Waals surface area contributed by atoms with Crippen molar-refractivity contribution in [3.8, 4) is 0 Å². The number of amides is 1. The third kappa shape index (κ3) is 4.14. The SMILES string of the molecule is CC1=C(C(=O)Nc2ccc(F)cc2)[C@@H](c2cccs2)C2=C(C[C@H](c3ccccc3)CC2=O)N1. The lowest BCUT2D eigenvalue weighted by molar-refractivity contribution is -0.116. The molecule has 4 nitrogen and oxygen atoms in total. The maximum Gasteiger partial charge on any atom is 0.254 e. The molecule has 2 atom stereocenters. The van der Waals surface area contributed by atoms with Crippen LogP contribution in [0.2, 0.25) is 0 Å². The van der Waals surface area contributed by atoms with Crippen LogP contribution < -0.4 is 10.6 Å². The predicted molar refractivity (Wildman–Crippen MR) is 128 cm³/mol. The first-order valence-corrected chi connectivity index (χ1v) is 11.8. The number of anilines is 1. The van der Waals surface area contributed by atoms with Gasteiger partial charge in [0.2, 0.25) is 0 Å². The Labute approximate surface area is 195 Å². The van der Waals surface area contributed by atoms with Crippen LogP contribution in [0.15, 0.2) is 94.7 Å². The van der Waals surface area contributed by atoms with Crippen LogP contribution in [0, 0.1) is 5.82 Å². The van der Waals surface area contributed by atoms with E-state index in [1.807, 2.05) is 42.6 Å². The van der Waals surface area contributed by atoms with Gasteiger partial charge in [-0.15, -0.1) is 11.3 Å². The number of halogens is 1. The van der Waals surface area contributed by atoms with Gasteiger partial charge in [-0.3, -0.25) is 9.59 Å². The summed E-state index contributed by atoms with van der Waals surface area (Å²) >= 11 is 1.54. The summed E-state index contributed by atoms with van der Waals surface area (Å²) < 4.78 is 13.3. The summed E-state index contributed by atoms with van der Waals surface area (Å²) in [7, 11) is 0. The molecule has 2 N–H and O–H groups in total. The van der Waals surface area contributed by atoms with E-state index in [0.29, 0.717) is 23.3 Å². The van der Waals surface area contributed by atoms with Crippen LogP contribution in [-0.2, 0) is 9.59 Å². The summed E-state index contributed by atoms with van der Waals surface area (Å²) in [6, 6.07) is 19.7. The number of hydrogen-bond donors (Lipinski definition) is 2. The average Bonchev–Trinajstić information content (AvgIpc) is 3.35. The molecular formula is C27H23FN2O2S. The molecule has 0 unspecified atom stereocenters. The molecule has 33 heavy (non-hydrogen) atoms. The van der Waals surface area contributed by atoms with E-state index in [-0.39, 0.29) is 23.4 Å². The number of dihydropyridines is 1. The summed E-state index contributed by atoms with van der Waals surface area (Å²) in [6.45, 7) is 1.88. The molecule has 0 radical (unpaired) electrons. The molecule has 1 amide bonds. The normalized spacial score (nSPS) is 20.4. The molecule has 3 aromatic rings. The van der Waals surface area contributed by atoms with Crippen molar-refractivity contribution in [1.82, 2.24) is 5.32 Å². The topological polar surface area (TPSA) is 58.2 Å². The van der Waals surface area contributed by atoms with Gasteiger partial charge in [0, 0.05) is 39.5 Å². The highest BCUT2D eigenvalue weighted by molar-refractivity contribution is 7.10.